The number of halogens is 3. The summed E-state index contributed by atoms with van der Waals surface area (Å²) in [5.74, 6) is 0.0895. The van der Waals surface area contributed by atoms with Gasteiger partial charge in [0.2, 0.25) is 0 Å². The third kappa shape index (κ3) is 1.82. The molecular weight excluding hydrogens is 202 g/mol. The molecule has 1 aromatic carbocycles. The van der Waals surface area contributed by atoms with E-state index in [1.165, 1.54) is 19.2 Å². The summed E-state index contributed by atoms with van der Waals surface area (Å²) in [6, 6.07) is 2.51. The van der Waals surface area contributed by atoms with Gasteiger partial charge in [-0.25, -0.2) is 4.39 Å². The lowest BCUT2D eigenvalue weighted by Gasteiger charge is -2.06. The van der Waals surface area contributed by atoms with Crippen LogP contribution in [0.1, 0.15) is 5.56 Å². The van der Waals surface area contributed by atoms with Gasteiger partial charge in [-0.3, -0.25) is 0 Å². The molecule has 0 heterocycles. The van der Waals surface area contributed by atoms with Gasteiger partial charge in [0, 0.05) is 11.9 Å². The fraction of sp³-hybridized carbons (Fsp3) is 0.250. The van der Waals surface area contributed by atoms with Crippen molar-refractivity contribution >= 4 is 23.2 Å². The Morgan fingerprint density at radius 3 is 2.67 bits per heavy atom. The second-order valence-electron chi connectivity index (χ2n) is 2.21. The van der Waals surface area contributed by atoms with E-state index in [4.69, 9.17) is 27.9 Å². The highest BCUT2D eigenvalue weighted by Gasteiger charge is 2.08. The number of methoxy groups -OCH3 is 1. The summed E-state index contributed by atoms with van der Waals surface area (Å²) >= 11 is 11.3. The first kappa shape index (κ1) is 9.62. The lowest BCUT2D eigenvalue weighted by atomic mass is 10.2. The molecule has 0 fully saturated rings. The van der Waals surface area contributed by atoms with Gasteiger partial charge in [-0.1, -0.05) is 11.6 Å². The summed E-state index contributed by atoms with van der Waals surface area (Å²) in [7, 11) is 1.43. The number of benzene rings is 1. The lowest BCUT2D eigenvalue weighted by Crippen LogP contribution is -1.90. The van der Waals surface area contributed by atoms with Gasteiger partial charge in [0.15, 0.2) is 0 Å². The molecule has 0 amide bonds. The molecule has 1 rings (SSSR count). The normalized spacial score (nSPS) is 10.0. The lowest BCUT2D eigenvalue weighted by molar-refractivity contribution is 0.411. The highest BCUT2D eigenvalue weighted by atomic mass is 35.5. The van der Waals surface area contributed by atoms with E-state index in [1.54, 1.807) is 0 Å². The summed E-state index contributed by atoms with van der Waals surface area (Å²) in [6.07, 6.45) is 0. The maximum absolute atomic E-state index is 12.8. The Bertz CT molecular complexity index is 263. The first-order chi connectivity index (χ1) is 5.69. The fourth-order valence-electron chi connectivity index (χ4n) is 0.864. The molecule has 4 heteroatoms. The van der Waals surface area contributed by atoms with E-state index >= 15 is 0 Å². The zero-order chi connectivity index (χ0) is 9.14. The van der Waals surface area contributed by atoms with E-state index in [0.29, 0.717) is 16.3 Å². The third-order valence-electron chi connectivity index (χ3n) is 1.44. The maximum Gasteiger partial charge on any atom is 0.140 e. The summed E-state index contributed by atoms with van der Waals surface area (Å²) in [4.78, 5) is 0. The molecule has 66 valence electrons. The molecule has 1 nitrogen and oxygen atoms in total. The zero-order valence-electron chi connectivity index (χ0n) is 6.40. The number of alkyl halides is 1. The standard InChI is InChI=1S/C8H7Cl2FO/c1-12-7-3-6(11)2-5(4-9)8(7)10/h2-3H,4H2,1H3. The Labute approximate surface area is 80.0 Å². The Morgan fingerprint density at radius 1 is 1.50 bits per heavy atom. The van der Waals surface area contributed by atoms with Gasteiger partial charge in [0.25, 0.3) is 0 Å². The van der Waals surface area contributed by atoms with Crippen LogP contribution < -0.4 is 4.74 Å². The van der Waals surface area contributed by atoms with Crippen LogP contribution in [0.2, 0.25) is 5.02 Å². The Balaban J connectivity index is 3.22. The number of hydrogen-bond acceptors (Lipinski definition) is 1. The van der Waals surface area contributed by atoms with Crippen molar-refractivity contribution in [2.75, 3.05) is 7.11 Å². The molecule has 0 saturated heterocycles. The molecule has 0 bridgehead atoms. The molecular formula is C8H7Cl2FO. The molecule has 0 aliphatic rings. The van der Waals surface area contributed by atoms with E-state index in [2.05, 4.69) is 0 Å². The molecule has 1 aromatic rings. The molecule has 0 spiro atoms. The second-order valence-corrected chi connectivity index (χ2v) is 2.86. The van der Waals surface area contributed by atoms with Crippen LogP contribution in [-0.2, 0) is 5.88 Å². The quantitative estimate of drug-likeness (QED) is 0.679. The number of ether oxygens (including phenoxy) is 1. The fourth-order valence-corrected chi connectivity index (χ4v) is 1.40. The van der Waals surface area contributed by atoms with Crippen molar-refractivity contribution in [3.63, 3.8) is 0 Å². The zero-order valence-corrected chi connectivity index (χ0v) is 7.92. The van der Waals surface area contributed by atoms with Crippen molar-refractivity contribution in [1.82, 2.24) is 0 Å². The largest absolute Gasteiger partial charge is 0.495 e. The number of rotatable bonds is 2. The monoisotopic (exact) mass is 208 g/mol. The average molecular weight is 209 g/mol. The smallest absolute Gasteiger partial charge is 0.140 e. The van der Waals surface area contributed by atoms with E-state index in [-0.39, 0.29) is 5.88 Å². The van der Waals surface area contributed by atoms with Crippen molar-refractivity contribution < 1.29 is 9.13 Å². The van der Waals surface area contributed by atoms with Crippen LogP contribution in [0.25, 0.3) is 0 Å². The maximum atomic E-state index is 12.8. The van der Waals surface area contributed by atoms with Crippen molar-refractivity contribution in [2.24, 2.45) is 0 Å². The Kier molecular flexibility index (Phi) is 3.18. The molecule has 0 N–H and O–H groups in total. The molecule has 0 unspecified atom stereocenters. The van der Waals surface area contributed by atoms with Crippen molar-refractivity contribution in [1.29, 1.82) is 0 Å². The highest BCUT2D eigenvalue weighted by molar-refractivity contribution is 6.33. The van der Waals surface area contributed by atoms with Gasteiger partial charge < -0.3 is 4.74 Å². The van der Waals surface area contributed by atoms with E-state index in [1.807, 2.05) is 0 Å². The third-order valence-corrected chi connectivity index (χ3v) is 2.16. The average Bonchev–Trinajstić information content (AvgIpc) is 2.08. The van der Waals surface area contributed by atoms with Crippen LogP contribution in [0.4, 0.5) is 4.39 Å². The van der Waals surface area contributed by atoms with Gasteiger partial charge >= 0.3 is 0 Å². The summed E-state index contributed by atoms with van der Waals surface area (Å²) in [5, 5.41) is 0.369. The van der Waals surface area contributed by atoms with Crippen LogP contribution in [-0.4, -0.2) is 7.11 Å². The van der Waals surface area contributed by atoms with E-state index < -0.39 is 5.82 Å². The van der Waals surface area contributed by atoms with Crippen LogP contribution in [0.3, 0.4) is 0 Å². The molecule has 0 radical (unpaired) electrons. The minimum absolute atomic E-state index is 0.174. The molecule has 0 aliphatic carbocycles. The Hall–Kier alpha value is -0.470. The van der Waals surface area contributed by atoms with Gasteiger partial charge in [0.1, 0.15) is 11.6 Å². The van der Waals surface area contributed by atoms with Crippen LogP contribution >= 0.6 is 23.2 Å². The van der Waals surface area contributed by atoms with Crippen molar-refractivity contribution in [2.45, 2.75) is 5.88 Å². The molecule has 12 heavy (non-hydrogen) atoms. The van der Waals surface area contributed by atoms with Crippen molar-refractivity contribution in [3.8, 4) is 5.75 Å². The first-order valence-corrected chi connectivity index (χ1v) is 4.18. The van der Waals surface area contributed by atoms with Crippen molar-refractivity contribution in [3.05, 3.63) is 28.5 Å². The van der Waals surface area contributed by atoms with E-state index in [0.717, 1.165) is 0 Å². The molecule has 0 aromatic heterocycles. The summed E-state index contributed by atoms with van der Waals surface area (Å²) in [6.45, 7) is 0. The van der Waals surface area contributed by atoms with Crippen LogP contribution in [0.5, 0.6) is 5.75 Å². The second kappa shape index (κ2) is 3.97. The van der Waals surface area contributed by atoms with Gasteiger partial charge in [-0.05, 0) is 11.6 Å². The minimum Gasteiger partial charge on any atom is -0.495 e. The molecule has 0 aliphatic heterocycles. The summed E-state index contributed by atoms with van der Waals surface area (Å²) < 4.78 is 17.6. The first-order valence-electron chi connectivity index (χ1n) is 3.27. The predicted octanol–water partition coefficient (Wildman–Crippen LogP) is 3.23. The highest BCUT2D eigenvalue weighted by Crippen LogP contribution is 2.30. The predicted molar refractivity (Wildman–Crippen MR) is 47.5 cm³/mol. The molecule has 0 atom stereocenters. The number of hydrogen-bond donors (Lipinski definition) is 0. The van der Waals surface area contributed by atoms with Crippen LogP contribution in [0.15, 0.2) is 12.1 Å². The summed E-state index contributed by atoms with van der Waals surface area (Å²) in [5.41, 5.74) is 0.537. The topological polar surface area (TPSA) is 9.23 Å². The van der Waals surface area contributed by atoms with Gasteiger partial charge in [0.05, 0.1) is 12.1 Å². The minimum atomic E-state index is -0.396. The molecule has 0 saturated carbocycles. The Morgan fingerprint density at radius 2 is 2.17 bits per heavy atom. The SMILES string of the molecule is COc1cc(F)cc(CCl)c1Cl. The van der Waals surface area contributed by atoms with Gasteiger partial charge in [-0.15, -0.1) is 11.6 Å². The van der Waals surface area contributed by atoms with E-state index in [9.17, 15) is 4.39 Å². The van der Waals surface area contributed by atoms with Crippen LogP contribution in [0, 0.1) is 5.82 Å². The van der Waals surface area contributed by atoms with Gasteiger partial charge in [-0.2, -0.15) is 0 Å².